The van der Waals surface area contributed by atoms with Gasteiger partial charge in [-0.3, -0.25) is 0 Å². The fourth-order valence-corrected chi connectivity index (χ4v) is 4.16. The van der Waals surface area contributed by atoms with E-state index in [1.807, 2.05) is 0 Å². The number of alkyl halides is 1. The number of halogens is 1. The molecular formula is C14H15ClOS. The van der Waals surface area contributed by atoms with Crippen molar-refractivity contribution in [2.45, 2.75) is 24.8 Å². The smallest absolute Gasteiger partial charge is 0.0653 e. The van der Waals surface area contributed by atoms with Gasteiger partial charge in [0.15, 0.2) is 0 Å². The Balaban J connectivity index is 1.98. The first-order valence-electron chi connectivity index (χ1n) is 5.99. The van der Waals surface area contributed by atoms with Crippen LogP contribution >= 0.6 is 22.9 Å². The summed E-state index contributed by atoms with van der Waals surface area (Å²) in [6.07, 6.45) is 1.34. The molecule has 17 heavy (non-hydrogen) atoms. The maximum atomic E-state index is 6.65. The average Bonchev–Trinajstić information content (AvgIpc) is 2.94. The summed E-state index contributed by atoms with van der Waals surface area (Å²) in [4.78, 5) is 0. The number of thiophene rings is 1. The molecule has 1 aliphatic heterocycles. The Morgan fingerprint density at radius 2 is 2.24 bits per heavy atom. The average molecular weight is 267 g/mol. The fraction of sp³-hybridized carbons (Fsp3) is 0.429. The lowest BCUT2D eigenvalue weighted by molar-refractivity contribution is 0.105. The van der Waals surface area contributed by atoms with E-state index in [1.165, 1.54) is 15.6 Å². The number of rotatable bonds is 2. The van der Waals surface area contributed by atoms with Crippen LogP contribution in [0.5, 0.6) is 0 Å². The molecule has 0 bridgehead atoms. The number of fused-ring (bicyclic) bond motifs is 1. The van der Waals surface area contributed by atoms with Gasteiger partial charge in [-0.1, -0.05) is 18.2 Å². The number of hydrogen-bond acceptors (Lipinski definition) is 2. The molecule has 2 heterocycles. The van der Waals surface area contributed by atoms with E-state index in [4.69, 9.17) is 16.3 Å². The summed E-state index contributed by atoms with van der Waals surface area (Å²) >= 11 is 8.43. The van der Waals surface area contributed by atoms with Crippen molar-refractivity contribution in [2.24, 2.45) is 5.92 Å². The van der Waals surface area contributed by atoms with Crippen LogP contribution in [-0.2, 0) is 4.74 Å². The van der Waals surface area contributed by atoms with E-state index in [-0.39, 0.29) is 11.5 Å². The molecule has 3 unspecified atom stereocenters. The Kier molecular flexibility index (Phi) is 3.12. The predicted molar refractivity (Wildman–Crippen MR) is 73.9 cm³/mol. The molecule has 1 aromatic carbocycles. The zero-order valence-corrected chi connectivity index (χ0v) is 11.3. The van der Waals surface area contributed by atoms with Crippen LogP contribution in [0.4, 0.5) is 0 Å². The minimum absolute atomic E-state index is 0.0728. The first kappa shape index (κ1) is 11.5. The molecule has 90 valence electrons. The zero-order chi connectivity index (χ0) is 11.8. The van der Waals surface area contributed by atoms with Crippen molar-refractivity contribution in [1.82, 2.24) is 0 Å². The summed E-state index contributed by atoms with van der Waals surface area (Å²) in [5, 5.41) is 3.58. The number of benzene rings is 1. The van der Waals surface area contributed by atoms with E-state index < -0.39 is 0 Å². The topological polar surface area (TPSA) is 9.23 Å². The molecule has 3 heteroatoms. The molecule has 0 amide bonds. The van der Waals surface area contributed by atoms with Gasteiger partial charge in [-0.15, -0.1) is 22.9 Å². The van der Waals surface area contributed by atoms with Crippen molar-refractivity contribution in [3.8, 4) is 0 Å². The van der Waals surface area contributed by atoms with Crippen LogP contribution < -0.4 is 0 Å². The molecule has 1 aliphatic rings. The molecule has 0 radical (unpaired) electrons. The van der Waals surface area contributed by atoms with E-state index in [2.05, 4.69) is 36.6 Å². The third-order valence-electron chi connectivity index (χ3n) is 3.62. The Morgan fingerprint density at radius 3 is 3.00 bits per heavy atom. The molecule has 0 aliphatic carbocycles. The quantitative estimate of drug-likeness (QED) is 0.722. The van der Waals surface area contributed by atoms with Crippen molar-refractivity contribution < 1.29 is 4.74 Å². The SMILES string of the molecule is CC1OCCC1C(Cl)c1csc2ccccc12. The maximum Gasteiger partial charge on any atom is 0.0653 e. The van der Waals surface area contributed by atoms with Crippen LogP contribution in [0.15, 0.2) is 29.6 Å². The van der Waals surface area contributed by atoms with Gasteiger partial charge in [0.1, 0.15) is 0 Å². The lowest BCUT2D eigenvalue weighted by atomic mass is 9.93. The van der Waals surface area contributed by atoms with Gasteiger partial charge in [0.2, 0.25) is 0 Å². The summed E-state index contributed by atoms with van der Waals surface area (Å²) in [5.74, 6) is 0.440. The van der Waals surface area contributed by atoms with Gasteiger partial charge in [0.05, 0.1) is 11.5 Å². The second-order valence-corrected chi connectivity index (χ2v) is 6.00. The lowest BCUT2D eigenvalue weighted by Gasteiger charge is -2.19. The summed E-state index contributed by atoms with van der Waals surface area (Å²) in [5.41, 5.74) is 1.27. The van der Waals surface area contributed by atoms with E-state index in [0.717, 1.165) is 13.0 Å². The van der Waals surface area contributed by atoms with Gasteiger partial charge in [-0.2, -0.15) is 0 Å². The van der Waals surface area contributed by atoms with Crippen molar-refractivity contribution >= 4 is 33.0 Å². The van der Waals surface area contributed by atoms with Gasteiger partial charge < -0.3 is 4.74 Å². The molecule has 1 saturated heterocycles. The second-order valence-electron chi connectivity index (χ2n) is 4.62. The highest BCUT2D eigenvalue weighted by molar-refractivity contribution is 7.17. The Morgan fingerprint density at radius 1 is 1.41 bits per heavy atom. The second kappa shape index (κ2) is 4.60. The maximum absolute atomic E-state index is 6.65. The summed E-state index contributed by atoms with van der Waals surface area (Å²) in [7, 11) is 0. The summed E-state index contributed by atoms with van der Waals surface area (Å²) in [6, 6.07) is 8.47. The summed E-state index contributed by atoms with van der Waals surface area (Å²) < 4.78 is 6.93. The van der Waals surface area contributed by atoms with Crippen LogP contribution in [0.2, 0.25) is 0 Å². The molecule has 1 fully saturated rings. The van der Waals surface area contributed by atoms with Crippen LogP contribution in [0.3, 0.4) is 0 Å². The zero-order valence-electron chi connectivity index (χ0n) is 9.73. The van der Waals surface area contributed by atoms with E-state index in [1.54, 1.807) is 11.3 Å². The van der Waals surface area contributed by atoms with Gasteiger partial charge in [-0.25, -0.2) is 0 Å². The molecule has 0 saturated carbocycles. The lowest BCUT2D eigenvalue weighted by Crippen LogP contribution is -2.16. The normalized spacial score (nSPS) is 26.5. The first-order valence-corrected chi connectivity index (χ1v) is 7.31. The van der Waals surface area contributed by atoms with E-state index >= 15 is 0 Å². The molecule has 0 N–H and O–H groups in total. The van der Waals surface area contributed by atoms with Crippen LogP contribution in [0.25, 0.3) is 10.1 Å². The standard InChI is InChI=1S/C14H15ClOS/c1-9-10(6-7-16-9)14(15)12-8-17-13-5-3-2-4-11(12)13/h2-5,8-10,14H,6-7H2,1H3. The van der Waals surface area contributed by atoms with Crippen molar-refractivity contribution in [3.05, 3.63) is 35.2 Å². The molecule has 2 aromatic rings. The highest BCUT2D eigenvalue weighted by Crippen LogP contribution is 2.42. The van der Waals surface area contributed by atoms with E-state index in [9.17, 15) is 0 Å². The molecule has 0 spiro atoms. The number of ether oxygens (including phenoxy) is 1. The molecular weight excluding hydrogens is 252 g/mol. The Bertz CT molecular complexity index is 522. The monoisotopic (exact) mass is 266 g/mol. The third-order valence-corrected chi connectivity index (χ3v) is 5.16. The fourth-order valence-electron chi connectivity index (χ4n) is 2.58. The van der Waals surface area contributed by atoms with Crippen molar-refractivity contribution in [3.63, 3.8) is 0 Å². The highest BCUT2D eigenvalue weighted by Gasteiger charge is 2.32. The van der Waals surface area contributed by atoms with Gasteiger partial charge >= 0.3 is 0 Å². The predicted octanol–water partition coefficient (Wildman–Crippen LogP) is 4.61. The molecule has 3 atom stereocenters. The van der Waals surface area contributed by atoms with Gasteiger partial charge in [0.25, 0.3) is 0 Å². The highest BCUT2D eigenvalue weighted by atomic mass is 35.5. The van der Waals surface area contributed by atoms with Gasteiger partial charge in [-0.05, 0) is 35.7 Å². The third kappa shape index (κ3) is 1.99. The Hall–Kier alpha value is -0.570. The van der Waals surface area contributed by atoms with Crippen molar-refractivity contribution in [1.29, 1.82) is 0 Å². The van der Waals surface area contributed by atoms with Gasteiger partial charge in [0, 0.05) is 17.2 Å². The molecule has 1 nitrogen and oxygen atoms in total. The minimum atomic E-state index is 0.0728. The van der Waals surface area contributed by atoms with Crippen LogP contribution in [0.1, 0.15) is 24.3 Å². The number of hydrogen-bond donors (Lipinski definition) is 0. The minimum Gasteiger partial charge on any atom is -0.378 e. The summed E-state index contributed by atoms with van der Waals surface area (Å²) in [6.45, 7) is 2.97. The van der Waals surface area contributed by atoms with E-state index in [0.29, 0.717) is 5.92 Å². The first-order chi connectivity index (χ1) is 8.27. The largest absolute Gasteiger partial charge is 0.378 e. The van der Waals surface area contributed by atoms with Crippen LogP contribution in [0, 0.1) is 5.92 Å². The van der Waals surface area contributed by atoms with Crippen LogP contribution in [-0.4, -0.2) is 12.7 Å². The molecule has 1 aromatic heterocycles. The molecule has 3 rings (SSSR count). The Labute approximate surface area is 110 Å². The van der Waals surface area contributed by atoms with Crippen molar-refractivity contribution in [2.75, 3.05) is 6.61 Å².